The van der Waals surface area contributed by atoms with Gasteiger partial charge in [0.05, 0.1) is 24.0 Å². The smallest absolute Gasteiger partial charge is 0.185 e. The third kappa shape index (κ3) is 4.37. The number of aromatic nitrogens is 5. The van der Waals surface area contributed by atoms with Crippen molar-refractivity contribution in [3.8, 4) is 28.3 Å². The molecule has 0 saturated carbocycles. The van der Waals surface area contributed by atoms with Gasteiger partial charge in [0.1, 0.15) is 16.9 Å². The minimum atomic E-state index is -0.959. The van der Waals surface area contributed by atoms with E-state index in [2.05, 4.69) is 30.7 Å². The van der Waals surface area contributed by atoms with Gasteiger partial charge in [0, 0.05) is 24.7 Å². The highest BCUT2D eigenvalue weighted by Gasteiger charge is 2.42. The van der Waals surface area contributed by atoms with Gasteiger partial charge in [0.2, 0.25) is 0 Å². The standard InChI is InChI=1S/C23H26FN7OS/c1-31(18-10-15-4-3-5-17(27-15)22(18)24)20-12-25-23(30-28-20)16-7-6-13(8-19(16)32)14-9-21(33-2)29-26-11-14/h6-9,11-12,15,17-18,22,27,32H,3-5,10H2,1-2H3/t15-,17+,18-,22+/m0/s1. The molecule has 0 radical (unpaired) electrons. The molecule has 2 N–H and O–H groups in total. The molecule has 2 aromatic heterocycles. The van der Waals surface area contributed by atoms with Gasteiger partial charge in [-0.25, -0.2) is 9.37 Å². The van der Waals surface area contributed by atoms with Crippen LogP contribution in [0, 0.1) is 0 Å². The maximum Gasteiger partial charge on any atom is 0.185 e. The van der Waals surface area contributed by atoms with Crippen LogP contribution in [0.15, 0.2) is 41.7 Å². The Bertz CT molecular complexity index is 1130. The van der Waals surface area contributed by atoms with Crippen LogP contribution in [0.5, 0.6) is 5.75 Å². The number of hydrogen-bond donors (Lipinski definition) is 2. The first kappa shape index (κ1) is 22.0. The van der Waals surface area contributed by atoms with Crippen LogP contribution in [0.25, 0.3) is 22.5 Å². The zero-order valence-electron chi connectivity index (χ0n) is 18.5. The molecule has 0 unspecified atom stereocenters. The summed E-state index contributed by atoms with van der Waals surface area (Å²) in [6, 6.07) is 7.21. The fraction of sp³-hybridized carbons (Fsp3) is 0.435. The minimum absolute atomic E-state index is 0.0490. The molecule has 8 nitrogen and oxygen atoms in total. The molecule has 2 saturated heterocycles. The van der Waals surface area contributed by atoms with E-state index in [4.69, 9.17) is 0 Å². The minimum Gasteiger partial charge on any atom is -0.507 e. The van der Waals surface area contributed by atoms with Crippen molar-refractivity contribution in [1.82, 2.24) is 30.7 Å². The maximum atomic E-state index is 15.1. The number of benzene rings is 1. The third-order valence-electron chi connectivity index (χ3n) is 6.62. The summed E-state index contributed by atoms with van der Waals surface area (Å²) in [5.74, 6) is 0.885. The SMILES string of the molecule is CSc1cc(-c2ccc(-c3ncc(N(C)[C@H]4C[C@@H]5CCC[C@@H](N5)[C@H]4F)nn3)c(O)c2)cnn1. The fourth-order valence-electron chi connectivity index (χ4n) is 4.78. The lowest BCUT2D eigenvalue weighted by molar-refractivity contribution is 0.107. The van der Waals surface area contributed by atoms with Crippen LogP contribution in [0.1, 0.15) is 25.7 Å². The fourth-order valence-corrected chi connectivity index (χ4v) is 5.15. The van der Waals surface area contributed by atoms with Crippen molar-refractivity contribution in [2.45, 2.75) is 55.0 Å². The number of phenols is 1. The number of fused-ring (bicyclic) bond motifs is 2. The van der Waals surface area contributed by atoms with E-state index in [1.807, 2.05) is 30.3 Å². The van der Waals surface area contributed by atoms with Crippen LogP contribution in [-0.4, -0.2) is 68.1 Å². The van der Waals surface area contributed by atoms with Crippen LogP contribution in [0.2, 0.25) is 0 Å². The topological polar surface area (TPSA) is 100.0 Å². The number of piperidine rings is 2. The zero-order chi connectivity index (χ0) is 22.9. The first-order valence-electron chi connectivity index (χ1n) is 11.1. The van der Waals surface area contributed by atoms with E-state index in [1.165, 1.54) is 11.8 Å². The molecular weight excluding hydrogens is 441 g/mol. The van der Waals surface area contributed by atoms with Crippen molar-refractivity contribution >= 4 is 17.6 Å². The van der Waals surface area contributed by atoms with Gasteiger partial charge in [-0.05, 0) is 49.3 Å². The number of thioether (sulfide) groups is 1. The third-order valence-corrected chi connectivity index (χ3v) is 7.23. The summed E-state index contributed by atoms with van der Waals surface area (Å²) < 4.78 is 15.1. The molecule has 10 heteroatoms. The first-order chi connectivity index (χ1) is 16.0. The molecule has 4 heterocycles. The molecule has 172 valence electrons. The van der Waals surface area contributed by atoms with Crippen molar-refractivity contribution in [3.05, 3.63) is 36.7 Å². The first-order valence-corrected chi connectivity index (χ1v) is 12.3. The van der Waals surface area contributed by atoms with Gasteiger partial charge in [0.25, 0.3) is 0 Å². The number of nitrogens with zero attached hydrogens (tertiary/aromatic N) is 6. The second-order valence-corrected chi connectivity index (χ2v) is 9.44. The quantitative estimate of drug-likeness (QED) is 0.546. The van der Waals surface area contributed by atoms with Crippen LogP contribution in [0.4, 0.5) is 10.2 Å². The van der Waals surface area contributed by atoms with Crippen molar-refractivity contribution in [1.29, 1.82) is 0 Å². The van der Waals surface area contributed by atoms with Crippen molar-refractivity contribution < 1.29 is 9.50 Å². The molecule has 3 aromatic rings. The Balaban J connectivity index is 1.35. The van der Waals surface area contributed by atoms with Gasteiger partial charge in [-0.15, -0.1) is 27.1 Å². The summed E-state index contributed by atoms with van der Waals surface area (Å²) in [5.41, 5.74) is 2.16. The lowest BCUT2D eigenvalue weighted by atomic mass is 9.82. The lowest BCUT2D eigenvalue weighted by Crippen LogP contribution is -2.61. The molecule has 33 heavy (non-hydrogen) atoms. The summed E-state index contributed by atoms with van der Waals surface area (Å²) in [6.07, 6.45) is 8.00. The highest BCUT2D eigenvalue weighted by molar-refractivity contribution is 7.98. The average molecular weight is 468 g/mol. The van der Waals surface area contributed by atoms with Crippen LogP contribution in [-0.2, 0) is 0 Å². The number of alkyl halides is 1. The van der Waals surface area contributed by atoms with Crippen LogP contribution >= 0.6 is 11.8 Å². The van der Waals surface area contributed by atoms with E-state index >= 15 is 4.39 Å². The van der Waals surface area contributed by atoms with Gasteiger partial charge in [0.15, 0.2) is 11.6 Å². The van der Waals surface area contributed by atoms with Crippen molar-refractivity contribution in [2.24, 2.45) is 0 Å². The number of hydrogen-bond acceptors (Lipinski definition) is 9. The largest absolute Gasteiger partial charge is 0.507 e. The van der Waals surface area contributed by atoms with E-state index in [0.717, 1.165) is 41.8 Å². The molecule has 1 aromatic carbocycles. The Morgan fingerprint density at radius 1 is 1.12 bits per heavy atom. The van der Waals surface area contributed by atoms with E-state index in [1.54, 1.807) is 24.5 Å². The maximum absolute atomic E-state index is 15.1. The molecule has 0 spiro atoms. The molecule has 2 bridgehead atoms. The monoisotopic (exact) mass is 467 g/mol. The summed E-state index contributed by atoms with van der Waals surface area (Å²) in [4.78, 5) is 6.26. The van der Waals surface area contributed by atoms with E-state index in [0.29, 0.717) is 23.2 Å². The molecule has 2 fully saturated rings. The molecule has 2 aliphatic heterocycles. The Morgan fingerprint density at radius 3 is 2.76 bits per heavy atom. The number of anilines is 1. The lowest BCUT2D eigenvalue weighted by Gasteiger charge is -2.45. The Kier molecular flexibility index (Phi) is 6.11. The predicted molar refractivity (Wildman–Crippen MR) is 126 cm³/mol. The van der Waals surface area contributed by atoms with Gasteiger partial charge < -0.3 is 15.3 Å². The second-order valence-electron chi connectivity index (χ2n) is 8.62. The summed E-state index contributed by atoms with van der Waals surface area (Å²) in [7, 11) is 1.85. The molecule has 2 aliphatic rings. The van der Waals surface area contributed by atoms with E-state index < -0.39 is 6.17 Å². The normalized spacial score (nSPS) is 24.5. The summed E-state index contributed by atoms with van der Waals surface area (Å²) >= 11 is 1.51. The van der Waals surface area contributed by atoms with Crippen LogP contribution in [0.3, 0.4) is 0 Å². The second kappa shape index (κ2) is 9.18. The van der Waals surface area contributed by atoms with E-state index in [-0.39, 0.29) is 17.8 Å². The predicted octanol–water partition coefficient (Wildman–Crippen LogP) is 3.48. The molecular formula is C23H26FN7OS. The zero-order valence-corrected chi connectivity index (χ0v) is 19.3. The Hall–Kier alpha value is -2.85. The molecule has 4 atom stereocenters. The number of rotatable bonds is 5. The summed E-state index contributed by atoms with van der Waals surface area (Å²) in [6.45, 7) is 0. The molecule has 0 aliphatic carbocycles. The number of aromatic hydroxyl groups is 1. The van der Waals surface area contributed by atoms with Crippen molar-refractivity contribution in [2.75, 3.05) is 18.2 Å². The average Bonchev–Trinajstić information content (AvgIpc) is 2.86. The number of phenolic OH excluding ortho intramolecular Hbond substituents is 1. The highest BCUT2D eigenvalue weighted by atomic mass is 32.2. The molecule has 5 rings (SSSR count). The van der Waals surface area contributed by atoms with E-state index in [9.17, 15) is 5.11 Å². The highest BCUT2D eigenvalue weighted by Crippen LogP contribution is 2.34. The Morgan fingerprint density at radius 2 is 2.00 bits per heavy atom. The number of nitrogens with one attached hydrogen (secondary N) is 1. The molecule has 0 amide bonds. The Labute approximate surface area is 196 Å². The summed E-state index contributed by atoms with van der Waals surface area (Å²) in [5, 5.41) is 31.4. The van der Waals surface area contributed by atoms with Gasteiger partial charge >= 0.3 is 0 Å². The van der Waals surface area contributed by atoms with Gasteiger partial charge in [-0.1, -0.05) is 12.5 Å². The van der Waals surface area contributed by atoms with Crippen molar-refractivity contribution in [3.63, 3.8) is 0 Å². The van der Waals surface area contributed by atoms with Crippen LogP contribution < -0.4 is 10.2 Å². The van der Waals surface area contributed by atoms with Gasteiger partial charge in [-0.2, -0.15) is 5.10 Å². The van der Waals surface area contributed by atoms with Gasteiger partial charge in [-0.3, -0.25) is 0 Å². The number of halogens is 1.